The zero-order valence-corrected chi connectivity index (χ0v) is 11.5. The van der Waals surface area contributed by atoms with Crippen molar-refractivity contribution in [3.8, 4) is 11.4 Å². The molecule has 1 aromatic carbocycles. The van der Waals surface area contributed by atoms with Gasteiger partial charge in [-0.25, -0.2) is 14.3 Å². The van der Waals surface area contributed by atoms with Gasteiger partial charge in [0.15, 0.2) is 0 Å². The van der Waals surface area contributed by atoms with Crippen LogP contribution in [0.1, 0.15) is 16.1 Å². The summed E-state index contributed by atoms with van der Waals surface area (Å²) in [6.45, 7) is 1.87. The molecule has 0 aliphatic carbocycles. The van der Waals surface area contributed by atoms with Gasteiger partial charge in [-0.3, -0.25) is 0 Å². The van der Waals surface area contributed by atoms with Crippen molar-refractivity contribution in [3.05, 3.63) is 41.7 Å². The van der Waals surface area contributed by atoms with Crippen molar-refractivity contribution in [2.24, 2.45) is 0 Å². The van der Waals surface area contributed by atoms with Gasteiger partial charge in [0.05, 0.1) is 18.5 Å². The second-order valence-corrected chi connectivity index (χ2v) is 4.22. The number of carbonyl (C=O) groups excluding carboxylic acids is 2. The van der Waals surface area contributed by atoms with Crippen LogP contribution in [0, 0.1) is 6.92 Å². The third kappa shape index (κ3) is 2.97. The maximum atomic E-state index is 11.7. The lowest BCUT2D eigenvalue weighted by atomic mass is 10.2. The Morgan fingerprint density at radius 1 is 1.30 bits per heavy atom. The maximum Gasteiger partial charge on any atom is 0.411 e. The van der Waals surface area contributed by atoms with E-state index in [4.69, 9.17) is 16.3 Å². The number of halogens is 1. The number of methoxy groups -OCH3 is 1. The molecule has 2 rings (SSSR count). The molecule has 6 nitrogen and oxygen atoms in total. The van der Waals surface area contributed by atoms with E-state index in [0.717, 1.165) is 5.69 Å². The number of hydrogen-bond acceptors (Lipinski definition) is 5. The third-order valence-electron chi connectivity index (χ3n) is 2.56. The van der Waals surface area contributed by atoms with Crippen LogP contribution in [0.5, 0.6) is 5.75 Å². The molecule has 0 bridgehead atoms. The molecule has 0 atom stereocenters. The fraction of sp³-hybridized carbons (Fsp3) is 0.154. The van der Waals surface area contributed by atoms with Crippen molar-refractivity contribution in [2.45, 2.75) is 6.92 Å². The minimum absolute atomic E-state index is 0.106. The van der Waals surface area contributed by atoms with E-state index in [1.54, 1.807) is 23.0 Å². The normalized spacial score (nSPS) is 10.2. The summed E-state index contributed by atoms with van der Waals surface area (Å²) in [7, 11) is 1.41. The predicted molar refractivity (Wildman–Crippen MR) is 71.5 cm³/mol. The minimum Gasteiger partial charge on any atom is -0.496 e. The van der Waals surface area contributed by atoms with E-state index in [2.05, 4.69) is 9.84 Å². The summed E-state index contributed by atoms with van der Waals surface area (Å²) >= 11 is 5.01. The fourth-order valence-electron chi connectivity index (χ4n) is 1.68. The number of aromatic nitrogens is 2. The van der Waals surface area contributed by atoms with Crippen LogP contribution in [0.15, 0.2) is 30.5 Å². The van der Waals surface area contributed by atoms with Crippen LogP contribution in [0.25, 0.3) is 5.69 Å². The van der Waals surface area contributed by atoms with Gasteiger partial charge in [-0.1, -0.05) is 0 Å². The highest BCUT2D eigenvalue weighted by Crippen LogP contribution is 2.23. The summed E-state index contributed by atoms with van der Waals surface area (Å²) in [5, 5.41) is 4.25. The van der Waals surface area contributed by atoms with Crippen LogP contribution in [0.2, 0.25) is 0 Å². The molecule has 0 spiro atoms. The Bertz CT molecular complexity index is 666. The Hall–Kier alpha value is -2.34. The molecule has 0 aliphatic heterocycles. The number of rotatable bonds is 3. The van der Waals surface area contributed by atoms with Gasteiger partial charge in [-0.2, -0.15) is 5.10 Å². The summed E-state index contributed by atoms with van der Waals surface area (Å²) in [5.74, 6) is -0.608. The zero-order valence-electron chi connectivity index (χ0n) is 10.8. The Kier molecular flexibility index (Phi) is 4.05. The molecular weight excluding hydrogens is 284 g/mol. The minimum atomic E-state index is -1.19. The molecule has 7 heteroatoms. The van der Waals surface area contributed by atoms with Crippen LogP contribution in [0.4, 0.5) is 4.79 Å². The molecule has 0 amide bonds. The first-order chi connectivity index (χ1) is 9.51. The van der Waals surface area contributed by atoms with Gasteiger partial charge in [0.1, 0.15) is 11.3 Å². The maximum absolute atomic E-state index is 11.7. The van der Waals surface area contributed by atoms with E-state index in [1.807, 2.05) is 13.0 Å². The third-order valence-corrected chi connectivity index (χ3v) is 2.64. The topological polar surface area (TPSA) is 70.4 Å². The Morgan fingerprint density at radius 2 is 2.05 bits per heavy atom. The molecular formula is C13H11ClN2O4. The quantitative estimate of drug-likeness (QED) is 0.494. The highest BCUT2D eigenvalue weighted by atomic mass is 35.5. The van der Waals surface area contributed by atoms with Crippen molar-refractivity contribution in [2.75, 3.05) is 7.11 Å². The second-order valence-electron chi connectivity index (χ2n) is 3.91. The lowest BCUT2D eigenvalue weighted by Gasteiger charge is -2.09. The van der Waals surface area contributed by atoms with Gasteiger partial charge in [-0.15, -0.1) is 0 Å². The molecule has 20 heavy (non-hydrogen) atoms. The van der Waals surface area contributed by atoms with E-state index in [0.29, 0.717) is 5.69 Å². The summed E-state index contributed by atoms with van der Waals surface area (Å²) in [6, 6.07) is 6.60. The van der Waals surface area contributed by atoms with E-state index >= 15 is 0 Å². The number of benzene rings is 1. The molecule has 0 fully saturated rings. The number of hydrogen-bond donors (Lipinski definition) is 0. The number of carbonyl (C=O) groups is 2. The van der Waals surface area contributed by atoms with E-state index < -0.39 is 11.4 Å². The van der Waals surface area contributed by atoms with E-state index in [1.165, 1.54) is 13.2 Å². The molecule has 0 saturated heterocycles. The van der Waals surface area contributed by atoms with Gasteiger partial charge in [0.2, 0.25) is 0 Å². The molecule has 0 unspecified atom stereocenters. The summed E-state index contributed by atoms with van der Waals surface area (Å²) < 4.78 is 11.1. The van der Waals surface area contributed by atoms with E-state index in [-0.39, 0.29) is 11.3 Å². The summed E-state index contributed by atoms with van der Waals surface area (Å²) in [6.07, 6.45) is 1.78. The van der Waals surface area contributed by atoms with E-state index in [9.17, 15) is 9.59 Å². The Labute approximate surface area is 119 Å². The number of esters is 1. The smallest absolute Gasteiger partial charge is 0.411 e. The average Bonchev–Trinajstić information content (AvgIpc) is 2.84. The first kappa shape index (κ1) is 14.1. The fourth-order valence-corrected chi connectivity index (χ4v) is 1.75. The van der Waals surface area contributed by atoms with Crippen LogP contribution in [-0.2, 0) is 4.74 Å². The Balaban J connectivity index is 2.37. The highest BCUT2D eigenvalue weighted by Gasteiger charge is 2.17. The average molecular weight is 295 g/mol. The van der Waals surface area contributed by atoms with Crippen LogP contribution in [-0.4, -0.2) is 28.3 Å². The molecule has 2 aromatic rings. The molecule has 0 radical (unpaired) electrons. The van der Waals surface area contributed by atoms with Crippen molar-refractivity contribution in [3.63, 3.8) is 0 Å². The van der Waals surface area contributed by atoms with Crippen molar-refractivity contribution >= 4 is 23.0 Å². The summed E-state index contributed by atoms with van der Waals surface area (Å²) in [5.41, 5.74) is 0.488. The standard InChI is InChI=1S/C13H11ClN2O4/c1-8-5-6-16(15-8)9-3-4-10(11(7-9)19-2)12(17)20-13(14)18/h3-7H,1-2H3. The number of nitrogens with zero attached hydrogens (tertiary/aromatic N) is 2. The molecule has 1 heterocycles. The molecule has 0 saturated carbocycles. The molecule has 1 aromatic heterocycles. The first-order valence-electron chi connectivity index (χ1n) is 5.63. The largest absolute Gasteiger partial charge is 0.496 e. The van der Waals surface area contributed by atoms with Crippen molar-refractivity contribution in [1.29, 1.82) is 0 Å². The first-order valence-corrected chi connectivity index (χ1v) is 6.01. The summed E-state index contributed by atoms with van der Waals surface area (Å²) in [4.78, 5) is 22.2. The second kappa shape index (κ2) is 5.75. The SMILES string of the molecule is COc1cc(-n2ccc(C)n2)ccc1C(=O)OC(=O)Cl. The lowest BCUT2D eigenvalue weighted by Crippen LogP contribution is -2.09. The van der Waals surface area contributed by atoms with Crippen molar-refractivity contribution in [1.82, 2.24) is 9.78 Å². The molecule has 0 aliphatic rings. The Morgan fingerprint density at radius 3 is 2.60 bits per heavy atom. The highest BCUT2D eigenvalue weighted by molar-refractivity contribution is 6.62. The van der Waals surface area contributed by atoms with Crippen LogP contribution >= 0.6 is 11.6 Å². The van der Waals surface area contributed by atoms with Gasteiger partial charge in [0.25, 0.3) is 0 Å². The molecule has 0 N–H and O–H groups in total. The van der Waals surface area contributed by atoms with Gasteiger partial charge in [0, 0.05) is 23.9 Å². The number of aryl methyl sites for hydroxylation is 1. The molecule has 104 valence electrons. The lowest BCUT2D eigenvalue weighted by molar-refractivity contribution is 0.0658. The van der Waals surface area contributed by atoms with Gasteiger partial charge in [-0.05, 0) is 25.1 Å². The van der Waals surface area contributed by atoms with Gasteiger partial charge >= 0.3 is 11.4 Å². The monoisotopic (exact) mass is 294 g/mol. The number of ether oxygens (including phenoxy) is 2. The zero-order chi connectivity index (χ0) is 14.7. The van der Waals surface area contributed by atoms with Crippen molar-refractivity contribution < 1.29 is 19.1 Å². The predicted octanol–water partition coefficient (Wildman–Crippen LogP) is 2.70. The van der Waals surface area contributed by atoms with Gasteiger partial charge < -0.3 is 9.47 Å². The van der Waals surface area contributed by atoms with Crippen LogP contribution < -0.4 is 4.74 Å². The van der Waals surface area contributed by atoms with Crippen LogP contribution in [0.3, 0.4) is 0 Å².